The van der Waals surface area contributed by atoms with Gasteiger partial charge >= 0.3 is 5.97 Å². The van der Waals surface area contributed by atoms with Gasteiger partial charge in [0.25, 0.3) is 0 Å². The smallest absolute Gasteiger partial charge is 0.307 e. The molecular formula is C16H21FN2O5. The number of hydrogen-bond acceptors (Lipinski definition) is 6. The maximum Gasteiger partial charge on any atom is 0.307 e. The molecule has 0 aromatic heterocycles. The van der Waals surface area contributed by atoms with Crippen LogP contribution in [0.4, 0.5) is 4.39 Å². The number of benzene rings is 1. The lowest BCUT2D eigenvalue weighted by atomic mass is 10.1. The molecule has 2 rings (SSSR count). The number of hydrogen-bond donors (Lipinski definition) is 2. The number of piperazine rings is 1. The van der Waals surface area contributed by atoms with E-state index in [-0.39, 0.29) is 31.3 Å². The first-order valence-electron chi connectivity index (χ1n) is 7.64. The van der Waals surface area contributed by atoms with Crippen molar-refractivity contribution in [3.8, 4) is 5.75 Å². The Labute approximate surface area is 139 Å². The zero-order valence-corrected chi connectivity index (χ0v) is 13.4. The molecule has 1 aromatic carbocycles. The van der Waals surface area contributed by atoms with Gasteiger partial charge in [-0.15, -0.1) is 0 Å². The predicted molar refractivity (Wildman–Crippen MR) is 82.9 cm³/mol. The molecule has 1 amide bonds. The van der Waals surface area contributed by atoms with Gasteiger partial charge in [0.15, 0.2) is 0 Å². The average Bonchev–Trinajstić information content (AvgIpc) is 2.57. The van der Waals surface area contributed by atoms with Crippen LogP contribution in [0.1, 0.15) is 6.42 Å². The van der Waals surface area contributed by atoms with E-state index in [9.17, 15) is 19.1 Å². The highest BCUT2D eigenvalue weighted by Crippen LogP contribution is 2.13. The average molecular weight is 340 g/mol. The third kappa shape index (κ3) is 5.17. The van der Waals surface area contributed by atoms with E-state index in [0.29, 0.717) is 18.8 Å². The number of aliphatic hydroxyl groups excluding tert-OH is 1. The summed E-state index contributed by atoms with van der Waals surface area (Å²) >= 11 is 0. The second kappa shape index (κ2) is 8.60. The van der Waals surface area contributed by atoms with Crippen LogP contribution in [0.2, 0.25) is 0 Å². The number of nitrogens with zero attached hydrogens (tertiary/aromatic N) is 1. The molecule has 8 heteroatoms. The summed E-state index contributed by atoms with van der Waals surface area (Å²) in [5, 5.41) is 12.8. The van der Waals surface area contributed by atoms with E-state index in [1.807, 2.05) is 0 Å². The van der Waals surface area contributed by atoms with E-state index in [0.717, 1.165) is 0 Å². The highest BCUT2D eigenvalue weighted by atomic mass is 19.1. The van der Waals surface area contributed by atoms with Gasteiger partial charge in [0.05, 0.1) is 19.6 Å². The van der Waals surface area contributed by atoms with E-state index in [1.165, 1.54) is 31.4 Å². The molecule has 1 fully saturated rings. The number of esters is 1. The van der Waals surface area contributed by atoms with Crippen LogP contribution in [-0.4, -0.2) is 67.4 Å². The van der Waals surface area contributed by atoms with Gasteiger partial charge in [-0.25, -0.2) is 4.39 Å². The Morgan fingerprint density at radius 1 is 1.46 bits per heavy atom. The number of ether oxygens (including phenoxy) is 2. The molecule has 1 saturated heterocycles. The molecule has 0 aliphatic carbocycles. The van der Waals surface area contributed by atoms with Gasteiger partial charge in [0.1, 0.15) is 24.3 Å². The first-order valence-corrected chi connectivity index (χ1v) is 7.64. The van der Waals surface area contributed by atoms with Crippen molar-refractivity contribution in [2.24, 2.45) is 0 Å². The number of β-amino-alcohol motifs (C(OH)–C–C–N with tert-alkyl or cyclic N) is 1. The van der Waals surface area contributed by atoms with Gasteiger partial charge in [-0.05, 0) is 24.3 Å². The summed E-state index contributed by atoms with van der Waals surface area (Å²) < 4.78 is 22.8. The van der Waals surface area contributed by atoms with Crippen LogP contribution in [0.5, 0.6) is 5.75 Å². The summed E-state index contributed by atoms with van der Waals surface area (Å²) in [4.78, 5) is 25.1. The Hall–Kier alpha value is -2.19. The SMILES string of the molecule is COC(=O)C[C@H]1C(=O)NCCN1C[C@@H](O)COc1ccc(F)cc1. The number of amides is 1. The van der Waals surface area contributed by atoms with Crippen molar-refractivity contribution in [2.45, 2.75) is 18.6 Å². The van der Waals surface area contributed by atoms with Gasteiger partial charge in [0.2, 0.25) is 5.91 Å². The molecule has 1 aromatic rings. The Morgan fingerprint density at radius 2 is 2.17 bits per heavy atom. The molecule has 132 valence electrons. The minimum absolute atomic E-state index is 0.00526. The number of nitrogens with one attached hydrogen (secondary N) is 1. The number of carbonyl (C=O) groups excluding carboxylic acids is 2. The summed E-state index contributed by atoms with van der Waals surface area (Å²) in [6, 6.07) is 4.80. The molecule has 0 saturated carbocycles. The van der Waals surface area contributed by atoms with Gasteiger partial charge < -0.3 is 19.9 Å². The number of carbonyl (C=O) groups is 2. The first kappa shape index (κ1) is 18.2. The van der Waals surface area contributed by atoms with Crippen molar-refractivity contribution < 1.29 is 28.6 Å². The minimum Gasteiger partial charge on any atom is -0.491 e. The maximum atomic E-state index is 12.8. The molecule has 0 radical (unpaired) electrons. The van der Waals surface area contributed by atoms with Crippen LogP contribution >= 0.6 is 0 Å². The van der Waals surface area contributed by atoms with Crippen LogP contribution < -0.4 is 10.1 Å². The zero-order chi connectivity index (χ0) is 17.5. The second-order valence-electron chi connectivity index (χ2n) is 5.50. The fourth-order valence-electron chi connectivity index (χ4n) is 2.49. The number of aliphatic hydroxyl groups is 1. The van der Waals surface area contributed by atoms with Crippen molar-refractivity contribution in [2.75, 3.05) is 33.4 Å². The Balaban J connectivity index is 1.87. The fourth-order valence-corrected chi connectivity index (χ4v) is 2.49. The predicted octanol–water partition coefficient (Wildman–Crippen LogP) is -0.0711. The molecular weight excluding hydrogens is 319 g/mol. The first-order chi connectivity index (χ1) is 11.5. The molecule has 0 spiro atoms. The lowest BCUT2D eigenvalue weighted by Gasteiger charge is -2.35. The monoisotopic (exact) mass is 340 g/mol. The normalized spacial score (nSPS) is 19.5. The maximum absolute atomic E-state index is 12.8. The van der Waals surface area contributed by atoms with Crippen molar-refractivity contribution in [1.29, 1.82) is 0 Å². The molecule has 2 atom stereocenters. The quantitative estimate of drug-likeness (QED) is 0.676. The third-order valence-corrected chi connectivity index (χ3v) is 3.73. The summed E-state index contributed by atoms with van der Waals surface area (Å²) in [6.45, 7) is 1.13. The summed E-state index contributed by atoms with van der Waals surface area (Å²) in [7, 11) is 1.26. The number of methoxy groups -OCH3 is 1. The lowest BCUT2D eigenvalue weighted by Crippen LogP contribution is -2.57. The highest BCUT2D eigenvalue weighted by Gasteiger charge is 2.33. The van der Waals surface area contributed by atoms with Gasteiger partial charge in [-0.2, -0.15) is 0 Å². The Kier molecular flexibility index (Phi) is 6.51. The highest BCUT2D eigenvalue weighted by molar-refractivity contribution is 5.87. The zero-order valence-electron chi connectivity index (χ0n) is 13.4. The van der Waals surface area contributed by atoms with Gasteiger partial charge in [-0.1, -0.05) is 0 Å². The molecule has 0 unspecified atom stereocenters. The minimum atomic E-state index is -0.860. The third-order valence-electron chi connectivity index (χ3n) is 3.73. The van der Waals surface area contributed by atoms with E-state index >= 15 is 0 Å². The van der Waals surface area contributed by atoms with Crippen LogP contribution in [0, 0.1) is 5.82 Å². The number of rotatable bonds is 7. The Bertz CT molecular complexity index is 566. The molecule has 1 aliphatic heterocycles. The van der Waals surface area contributed by atoms with E-state index in [4.69, 9.17) is 4.74 Å². The van der Waals surface area contributed by atoms with Crippen molar-refractivity contribution >= 4 is 11.9 Å². The molecule has 2 N–H and O–H groups in total. The van der Waals surface area contributed by atoms with Crippen LogP contribution in [0.25, 0.3) is 0 Å². The standard InChI is InChI=1S/C16H21FN2O5/c1-23-15(21)8-14-16(22)18-6-7-19(14)9-12(20)10-24-13-4-2-11(17)3-5-13/h2-5,12,14,20H,6-10H2,1H3,(H,18,22)/t12-,14+/m1/s1. The van der Waals surface area contributed by atoms with Gasteiger partial charge in [-0.3, -0.25) is 14.5 Å². The lowest BCUT2D eigenvalue weighted by molar-refractivity contribution is -0.146. The molecule has 7 nitrogen and oxygen atoms in total. The summed E-state index contributed by atoms with van der Waals surface area (Å²) in [5.74, 6) is -0.678. The largest absolute Gasteiger partial charge is 0.491 e. The van der Waals surface area contributed by atoms with Crippen LogP contribution in [-0.2, 0) is 14.3 Å². The van der Waals surface area contributed by atoms with Crippen molar-refractivity contribution in [1.82, 2.24) is 10.2 Å². The van der Waals surface area contributed by atoms with E-state index in [1.54, 1.807) is 4.90 Å². The van der Waals surface area contributed by atoms with E-state index < -0.39 is 18.1 Å². The fraction of sp³-hybridized carbons (Fsp3) is 0.500. The molecule has 0 bridgehead atoms. The summed E-state index contributed by atoms with van der Waals surface area (Å²) in [6.07, 6.45) is -0.936. The van der Waals surface area contributed by atoms with Crippen molar-refractivity contribution in [3.63, 3.8) is 0 Å². The topological polar surface area (TPSA) is 88.1 Å². The molecule has 1 heterocycles. The number of halogens is 1. The molecule has 24 heavy (non-hydrogen) atoms. The second-order valence-corrected chi connectivity index (χ2v) is 5.50. The van der Waals surface area contributed by atoms with Crippen LogP contribution in [0.3, 0.4) is 0 Å². The van der Waals surface area contributed by atoms with Crippen molar-refractivity contribution in [3.05, 3.63) is 30.1 Å². The summed E-state index contributed by atoms with van der Waals surface area (Å²) in [5.41, 5.74) is 0. The van der Waals surface area contributed by atoms with E-state index in [2.05, 4.69) is 10.1 Å². The van der Waals surface area contributed by atoms with Gasteiger partial charge in [0, 0.05) is 19.6 Å². The van der Waals surface area contributed by atoms with Crippen LogP contribution in [0.15, 0.2) is 24.3 Å². The molecule has 1 aliphatic rings. The Morgan fingerprint density at radius 3 is 2.83 bits per heavy atom.